The van der Waals surface area contributed by atoms with Crippen LogP contribution in [0, 0.1) is 3.57 Å². The van der Waals surface area contributed by atoms with Gasteiger partial charge in [-0.2, -0.15) is 0 Å². The van der Waals surface area contributed by atoms with Crippen LogP contribution in [0.25, 0.3) is 0 Å². The summed E-state index contributed by atoms with van der Waals surface area (Å²) in [6.07, 6.45) is 3.62. The third-order valence-corrected chi connectivity index (χ3v) is 4.28. The first-order valence-corrected chi connectivity index (χ1v) is 6.90. The van der Waals surface area contributed by atoms with Gasteiger partial charge < -0.3 is 10.4 Å². The van der Waals surface area contributed by atoms with Gasteiger partial charge in [0.25, 0.3) is 0 Å². The van der Waals surface area contributed by atoms with Crippen LogP contribution < -0.4 is 5.32 Å². The van der Waals surface area contributed by atoms with Gasteiger partial charge in [-0.25, -0.2) is 0 Å². The van der Waals surface area contributed by atoms with Gasteiger partial charge in [-0.3, -0.25) is 0 Å². The Morgan fingerprint density at radius 3 is 3.00 bits per heavy atom. The Morgan fingerprint density at radius 1 is 1.56 bits per heavy atom. The minimum Gasteiger partial charge on any atom is -0.506 e. The molecule has 1 aliphatic rings. The second-order valence-electron chi connectivity index (χ2n) is 4.58. The highest BCUT2D eigenvalue weighted by molar-refractivity contribution is 14.1. The van der Waals surface area contributed by atoms with E-state index in [0.29, 0.717) is 11.7 Å². The molecular weight excluding hydrogens is 313 g/mol. The number of phenolic OH excluding ortho intramolecular Hbond substituents is 1. The van der Waals surface area contributed by atoms with Crippen LogP contribution in [0.2, 0.25) is 0 Å². The van der Waals surface area contributed by atoms with Crippen LogP contribution in [-0.4, -0.2) is 12.2 Å². The summed E-state index contributed by atoms with van der Waals surface area (Å²) in [6, 6.07) is 2.16. The summed E-state index contributed by atoms with van der Waals surface area (Å²) in [5.74, 6) is 1.11. The molecule has 0 bridgehead atoms. The second kappa shape index (κ2) is 4.92. The molecule has 0 aliphatic heterocycles. The molecule has 0 aromatic heterocycles. The van der Waals surface area contributed by atoms with Crippen molar-refractivity contribution in [3.05, 3.63) is 26.3 Å². The Labute approximate surface area is 111 Å². The van der Waals surface area contributed by atoms with E-state index in [1.54, 1.807) is 0 Å². The second-order valence-corrected chi connectivity index (χ2v) is 5.74. The maximum absolute atomic E-state index is 10.1. The zero-order chi connectivity index (χ0) is 11.7. The fourth-order valence-electron chi connectivity index (χ4n) is 2.60. The Kier molecular flexibility index (Phi) is 3.74. The van der Waals surface area contributed by atoms with Crippen molar-refractivity contribution < 1.29 is 5.11 Å². The Hall–Kier alpha value is -0.290. The largest absolute Gasteiger partial charge is 0.506 e. The molecule has 0 saturated carbocycles. The number of benzene rings is 1. The van der Waals surface area contributed by atoms with E-state index in [2.05, 4.69) is 40.9 Å². The predicted molar refractivity (Wildman–Crippen MR) is 74.9 cm³/mol. The van der Waals surface area contributed by atoms with Crippen LogP contribution in [0.4, 0.5) is 0 Å². The maximum Gasteiger partial charge on any atom is 0.133 e. The van der Waals surface area contributed by atoms with Gasteiger partial charge in [0.05, 0.1) is 3.57 Å². The van der Waals surface area contributed by atoms with E-state index in [1.165, 1.54) is 24.0 Å². The Balaban J connectivity index is 2.57. The standard InChI is InChI=1S/C13H18INO/c1-8-4-3-5-9-10(8)6-12(14)13(16)11(9)7-15-2/h6,8,15-16H,3-5,7H2,1-2H3. The van der Waals surface area contributed by atoms with Crippen molar-refractivity contribution in [2.75, 3.05) is 7.05 Å². The molecule has 0 fully saturated rings. The first kappa shape index (κ1) is 12.2. The number of halogens is 1. The molecule has 0 saturated heterocycles. The summed E-state index contributed by atoms with van der Waals surface area (Å²) in [5.41, 5.74) is 3.93. The van der Waals surface area contributed by atoms with Gasteiger partial charge in [0.15, 0.2) is 0 Å². The molecule has 16 heavy (non-hydrogen) atoms. The van der Waals surface area contributed by atoms with Gasteiger partial charge in [0.1, 0.15) is 5.75 Å². The first-order chi connectivity index (χ1) is 7.65. The SMILES string of the molecule is CNCc1c(O)c(I)cc2c1CCCC2C. The Morgan fingerprint density at radius 2 is 2.31 bits per heavy atom. The first-order valence-electron chi connectivity index (χ1n) is 5.82. The summed E-state index contributed by atoms with van der Waals surface area (Å²) in [7, 11) is 1.93. The highest BCUT2D eigenvalue weighted by Crippen LogP contribution is 2.39. The highest BCUT2D eigenvalue weighted by atomic mass is 127. The predicted octanol–water partition coefficient (Wildman–Crippen LogP) is 3.16. The van der Waals surface area contributed by atoms with Crippen LogP contribution in [-0.2, 0) is 13.0 Å². The van der Waals surface area contributed by atoms with Crippen LogP contribution in [0.3, 0.4) is 0 Å². The molecule has 2 nitrogen and oxygen atoms in total. The van der Waals surface area contributed by atoms with Crippen molar-refractivity contribution in [1.82, 2.24) is 5.32 Å². The third kappa shape index (κ3) is 2.07. The van der Waals surface area contributed by atoms with Gasteiger partial charge in [-0.15, -0.1) is 0 Å². The van der Waals surface area contributed by atoms with Crippen LogP contribution in [0.1, 0.15) is 42.4 Å². The zero-order valence-electron chi connectivity index (χ0n) is 9.81. The fourth-order valence-corrected chi connectivity index (χ4v) is 3.26. The van der Waals surface area contributed by atoms with Crippen LogP contribution in [0.5, 0.6) is 5.75 Å². The lowest BCUT2D eigenvalue weighted by Crippen LogP contribution is -2.15. The smallest absolute Gasteiger partial charge is 0.133 e. The summed E-state index contributed by atoms with van der Waals surface area (Å²) >= 11 is 2.23. The normalized spacial score (nSPS) is 19.6. The van der Waals surface area contributed by atoms with Gasteiger partial charge in [-0.05, 0) is 72.0 Å². The highest BCUT2D eigenvalue weighted by Gasteiger charge is 2.22. The van der Waals surface area contributed by atoms with E-state index < -0.39 is 0 Å². The van der Waals surface area contributed by atoms with E-state index >= 15 is 0 Å². The average Bonchev–Trinajstić information content (AvgIpc) is 2.26. The number of fused-ring (bicyclic) bond motifs is 1. The number of phenols is 1. The van der Waals surface area contributed by atoms with Crippen molar-refractivity contribution in [3.8, 4) is 5.75 Å². The van der Waals surface area contributed by atoms with E-state index in [9.17, 15) is 5.11 Å². The molecule has 1 unspecified atom stereocenters. The van der Waals surface area contributed by atoms with Crippen molar-refractivity contribution in [2.24, 2.45) is 0 Å². The molecule has 2 rings (SSSR count). The minimum absolute atomic E-state index is 0.475. The van der Waals surface area contributed by atoms with Crippen molar-refractivity contribution >= 4 is 22.6 Å². The third-order valence-electron chi connectivity index (χ3n) is 3.46. The number of hydrogen-bond donors (Lipinski definition) is 2. The minimum atomic E-state index is 0.475. The zero-order valence-corrected chi connectivity index (χ0v) is 12.0. The molecule has 1 aliphatic carbocycles. The summed E-state index contributed by atoms with van der Waals surface area (Å²) in [6.45, 7) is 3.05. The van der Waals surface area contributed by atoms with E-state index in [0.717, 1.165) is 22.1 Å². The van der Waals surface area contributed by atoms with Gasteiger partial charge in [0.2, 0.25) is 0 Å². The Bertz CT molecular complexity index is 403. The molecule has 0 amide bonds. The lowest BCUT2D eigenvalue weighted by atomic mass is 9.81. The summed E-state index contributed by atoms with van der Waals surface area (Å²) in [5, 5.41) is 13.3. The molecule has 0 radical (unpaired) electrons. The lowest BCUT2D eigenvalue weighted by Gasteiger charge is -2.26. The maximum atomic E-state index is 10.1. The van der Waals surface area contributed by atoms with E-state index in [4.69, 9.17) is 0 Å². The lowest BCUT2D eigenvalue weighted by molar-refractivity contribution is 0.457. The quantitative estimate of drug-likeness (QED) is 0.816. The molecular formula is C13H18INO. The molecule has 1 atom stereocenters. The summed E-state index contributed by atoms with van der Waals surface area (Å²) < 4.78 is 0.982. The number of hydrogen-bond acceptors (Lipinski definition) is 2. The number of nitrogens with one attached hydrogen (secondary N) is 1. The number of rotatable bonds is 2. The number of aromatic hydroxyl groups is 1. The van der Waals surface area contributed by atoms with Crippen LogP contribution in [0.15, 0.2) is 6.07 Å². The van der Waals surface area contributed by atoms with Crippen molar-refractivity contribution in [2.45, 2.75) is 38.6 Å². The molecule has 2 N–H and O–H groups in total. The van der Waals surface area contributed by atoms with Gasteiger partial charge >= 0.3 is 0 Å². The molecule has 1 aromatic rings. The van der Waals surface area contributed by atoms with Gasteiger partial charge in [-0.1, -0.05) is 6.92 Å². The monoisotopic (exact) mass is 331 g/mol. The van der Waals surface area contributed by atoms with Crippen molar-refractivity contribution in [1.29, 1.82) is 0 Å². The van der Waals surface area contributed by atoms with Crippen molar-refractivity contribution in [3.63, 3.8) is 0 Å². The van der Waals surface area contributed by atoms with Crippen LogP contribution >= 0.6 is 22.6 Å². The molecule has 0 spiro atoms. The van der Waals surface area contributed by atoms with Gasteiger partial charge in [0, 0.05) is 12.1 Å². The topological polar surface area (TPSA) is 32.3 Å². The van der Waals surface area contributed by atoms with E-state index in [1.807, 2.05) is 7.05 Å². The molecule has 3 heteroatoms. The molecule has 88 valence electrons. The summed E-state index contributed by atoms with van der Waals surface area (Å²) in [4.78, 5) is 0. The fraction of sp³-hybridized carbons (Fsp3) is 0.538. The molecule has 0 heterocycles. The average molecular weight is 331 g/mol. The molecule has 1 aromatic carbocycles. The van der Waals surface area contributed by atoms with E-state index in [-0.39, 0.29) is 0 Å².